The molecule has 6 nitrogen and oxygen atoms in total. The quantitative estimate of drug-likeness (QED) is 0.801. The molecule has 1 amide bonds. The molecule has 1 N–H and O–H groups in total. The summed E-state index contributed by atoms with van der Waals surface area (Å²) in [5.74, 6) is 1.19. The molecule has 2 aliphatic heterocycles. The first-order chi connectivity index (χ1) is 8.83. The number of amides is 1. The molecule has 0 aromatic carbocycles. The van der Waals surface area contributed by atoms with Crippen molar-refractivity contribution in [3.63, 3.8) is 0 Å². The fourth-order valence-electron chi connectivity index (χ4n) is 2.65. The molecular formula is C12H19N5O. The fourth-order valence-corrected chi connectivity index (χ4v) is 2.65. The molecule has 3 rings (SSSR count). The van der Waals surface area contributed by atoms with E-state index < -0.39 is 0 Å². The summed E-state index contributed by atoms with van der Waals surface area (Å²) in [5, 5.41) is 11.0. The number of carbonyl (C=O) groups is 1. The SMILES string of the molecule is O=C(C1CNC1)N1CCC(Cn2ccnn2)CC1. The number of rotatable bonds is 3. The summed E-state index contributed by atoms with van der Waals surface area (Å²) >= 11 is 0. The number of carbonyl (C=O) groups excluding carboxylic acids is 1. The second-order valence-electron chi connectivity index (χ2n) is 5.25. The Morgan fingerprint density at radius 2 is 2.11 bits per heavy atom. The van der Waals surface area contributed by atoms with Crippen LogP contribution in [0.3, 0.4) is 0 Å². The summed E-state index contributed by atoms with van der Waals surface area (Å²) in [4.78, 5) is 14.1. The van der Waals surface area contributed by atoms with E-state index in [9.17, 15) is 4.79 Å². The molecular weight excluding hydrogens is 230 g/mol. The van der Waals surface area contributed by atoms with Crippen molar-refractivity contribution in [3.8, 4) is 0 Å². The van der Waals surface area contributed by atoms with Crippen molar-refractivity contribution in [1.82, 2.24) is 25.2 Å². The average molecular weight is 249 g/mol. The maximum Gasteiger partial charge on any atom is 0.228 e. The molecule has 0 aliphatic carbocycles. The molecule has 6 heteroatoms. The van der Waals surface area contributed by atoms with Crippen LogP contribution in [-0.4, -0.2) is 52.0 Å². The van der Waals surface area contributed by atoms with Crippen molar-refractivity contribution in [2.45, 2.75) is 19.4 Å². The summed E-state index contributed by atoms with van der Waals surface area (Å²) in [6, 6.07) is 0. The van der Waals surface area contributed by atoms with Gasteiger partial charge in [0.15, 0.2) is 0 Å². The number of nitrogens with zero attached hydrogens (tertiary/aromatic N) is 4. The van der Waals surface area contributed by atoms with Crippen LogP contribution in [0.1, 0.15) is 12.8 Å². The Bertz CT molecular complexity index is 393. The van der Waals surface area contributed by atoms with Crippen LogP contribution < -0.4 is 5.32 Å². The van der Waals surface area contributed by atoms with Crippen LogP contribution in [-0.2, 0) is 11.3 Å². The minimum absolute atomic E-state index is 0.233. The molecule has 0 unspecified atom stereocenters. The summed E-state index contributed by atoms with van der Waals surface area (Å²) in [6.07, 6.45) is 5.76. The summed E-state index contributed by atoms with van der Waals surface area (Å²) < 4.78 is 1.89. The Hall–Kier alpha value is -1.43. The van der Waals surface area contributed by atoms with E-state index in [1.165, 1.54) is 0 Å². The van der Waals surface area contributed by atoms with Crippen LogP contribution in [0.15, 0.2) is 12.4 Å². The van der Waals surface area contributed by atoms with Crippen molar-refractivity contribution >= 4 is 5.91 Å². The van der Waals surface area contributed by atoms with Gasteiger partial charge < -0.3 is 10.2 Å². The van der Waals surface area contributed by atoms with Crippen LogP contribution >= 0.6 is 0 Å². The van der Waals surface area contributed by atoms with Gasteiger partial charge in [-0.1, -0.05) is 5.21 Å². The minimum Gasteiger partial charge on any atom is -0.342 e. The van der Waals surface area contributed by atoms with Gasteiger partial charge in [0.25, 0.3) is 0 Å². The van der Waals surface area contributed by atoms with E-state index in [-0.39, 0.29) is 5.92 Å². The molecule has 18 heavy (non-hydrogen) atoms. The van der Waals surface area contributed by atoms with Gasteiger partial charge in [-0.15, -0.1) is 5.10 Å². The third-order valence-electron chi connectivity index (χ3n) is 3.97. The molecule has 2 fully saturated rings. The lowest BCUT2D eigenvalue weighted by Gasteiger charge is -2.36. The predicted molar refractivity (Wildman–Crippen MR) is 65.7 cm³/mol. The molecule has 2 saturated heterocycles. The molecule has 0 spiro atoms. The maximum atomic E-state index is 12.1. The molecule has 0 bridgehead atoms. The van der Waals surface area contributed by atoms with Crippen molar-refractivity contribution in [3.05, 3.63) is 12.4 Å². The highest BCUT2D eigenvalue weighted by Gasteiger charge is 2.31. The minimum atomic E-state index is 0.233. The van der Waals surface area contributed by atoms with Crippen LogP contribution in [0.25, 0.3) is 0 Å². The number of hydrogen-bond acceptors (Lipinski definition) is 4. The van der Waals surface area contributed by atoms with E-state index in [1.807, 2.05) is 15.8 Å². The number of nitrogens with one attached hydrogen (secondary N) is 1. The third-order valence-corrected chi connectivity index (χ3v) is 3.97. The van der Waals surface area contributed by atoms with Crippen molar-refractivity contribution in [2.75, 3.05) is 26.2 Å². The molecule has 98 valence electrons. The Balaban J connectivity index is 1.47. The molecule has 0 atom stereocenters. The molecule has 0 radical (unpaired) electrons. The zero-order valence-corrected chi connectivity index (χ0v) is 10.5. The zero-order chi connectivity index (χ0) is 12.4. The largest absolute Gasteiger partial charge is 0.342 e. The normalized spacial score (nSPS) is 21.9. The summed E-state index contributed by atoms with van der Waals surface area (Å²) in [7, 11) is 0. The molecule has 0 saturated carbocycles. The standard InChI is InChI=1S/C12H19N5O/c18-12(11-7-13-8-11)16-4-1-10(2-5-16)9-17-6-3-14-15-17/h3,6,10-11,13H,1-2,4-5,7-9H2. The highest BCUT2D eigenvalue weighted by atomic mass is 16.2. The van der Waals surface area contributed by atoms with Crippen LogP contribution in [0, 0.1) is 11.8 Å². The number of likely N-dealkylation sites (tertiary alicyclic amines) is 1. The van der Waals surface area contributed by atoms with Gasteiger partial charge in [-0.3, -0.25) is 9.48 Å². The maximum absolute atomic E-state index is 12.1. The van der Waals surface area contributed by atoms with Crippen molar-refractivity contribution in [2.24, 2.45) is 11.8 Å². The van der Waals surface area contributed by atoms with Crippen LogP contribution in [0.2, 0.25) is 0 Å². The Morgan fingerprint density at radius 1 is 1.33 bits per heavy atom. The highest BCUT2D eigenvalue weighted by Crippen LogP contribution is 2.21. The number of hydrogen-bond donors (Lipinski definition) is 1. The van der Waals surface area contributed by atoms with Gasteiger partial charge >= 0.3 is 0 Å². The van der Waals surface area contributed by atoms with E-state index >= 15 is 0 Å². The zero-order valence-electron chi connectivity index (χ0n) is 10.5. The lowest BCUT2D eigenvalue weighted by atomic mass is 9.94. The average Bonchev–Trinajstić information content (AvgIpc) is 2.80. The van der Waals surface area contributed by atoms with Crippen LogP contribution in [0.5, 0.6) is 0 Å². The lowest BCUT2D eigenvalue weighted by molar-refractivity contribution is -0.138. The second-order valence-corrected chi connectivity index (χ2v) is 5.25. The molecule has 1 aromatic heterocycles. The van der Waals surface area contributed by atoms with Crippen LogP contribution in [0.4, 0.5) is 0 Å². The molecule has 2 aliphatic rings. The van der Waals surface area contributed by atoms with Crippen molar-refractivity contribution < 1.29 is 4.79 Å². The lowest BCUT2D eigenvalue weighted by Crippen LogP contribution is -2.53. The van der Waals surface area contributed by atoms with Gasteiger partial charge in [0.1, 0.15) is 0 Å². The van der Waals surface area contributed by atoms with Gasteiger partial charge in [-0.05, 0) is 18.8 Å². The van der Waals surface area contributed by atoms with E-state index in [0.717, 1.165) is 45.6 Å². The monoisotopic (exact) mass is 249 g/mol. The first kappa shape index (κ1) is 11.6. The van der Waals surface area contributed by atoms with Gasteiger partial charge in [0, 0.05) is 38.9 Å². The predicted octanol–water partition coefficient (Wildman–Crippen LogP) is -0.264. The second kappa shape index (κ2) is 5.06. The van der Waals surface area contributed by atoms with E-state index in [2.05, 4.69) is 15.6 Å². The molecule has 3 heterocycles. The first-order valence-electron chi connectivity index (χ1n) is 6.66. The van der Waals surface area contributed by atoms with E-state index in [4.69, 9.17) is 0 Å². The van der Waals surface area contributed by atoms with Gasteiger partial charge in [-0.25, -0.2) is 0 Å². The summed E-state index contributed by atoms with van der Waals surface area (Å²) in [6.45, 7) is 4.44. The van der Waals surface area contributed by atoms with E-state index in [1.54, 1.807) is 6.20 Å². The fraction of sp³-hybridized carbons (Fsp3) is 0.750. The Labute approximate surface area is 106 Å². The number of piperidine rings is 1. The third kappa shape index (κ3) is 2.38. The first-order valence-corrected chi connectivity index (χ1v) is 6.66. The number of aromatic nitrogens is 3. The topological polar surface area (TPSA) is 63.1 Å². The Kier molecular flexibility index (Phi) is 3.27. The van der Waals surface area contributed by atoms with Gasteiger partial charge in [0.2, 0.25) is 5.91 Å². The smallest absolute Gasteiger partial charge is 0.228 e. The van der Waals surface area contributed by atoms with Gasteiger partial charge in [-0.2, -0.15) is 0 Å². The molecule has 1 aromatic rings. The van der Waals surface area contributed by atoms with E-state index in [0.29, 0.717) is 11.8 Å². The summed E-state index contributed by atoms with van der Waals surface area (Å²) in [5.41, 5.74) is 0. The Morgan fingerprint density at radius 3 is 2.67 bits per heavy atom. The van der Waals surface area contributed by atoms with Crippen molar-refractivity contribution in [1.29, 1.82) is 0 Å². The highest BCUT2D eigenvalue weighted by molar-refractivity contribution is 5.80. The van der Waals surface area contributed by atoms with Gasteiger partial charge in [0.05, 0.1) is 12.1 Å².